The summed E-state index contributed by atoms with van der Waals surface area (Å²) >= 11 is 0. The van der Waals surface area contributed by atoms with Crippen LogP contribution >= 0.6 is 0 Å². The fraction of sp³-hybridized carbons (Fsp3) is 0.360. The van der Waals surface area contributed by atoms with Crippen LogP contribution in [0.3, 0.4) is 0 Å². The molecule has 3 N–H and O–H groups in total. The quantitative estimate of drug-likeness (QED) is 0.135. The normalized spacial score (nSPS) is 18.5. The van der Waals surface area contributed by atoms with Gasteiger partial charge in [-0.3, -0.25) is 0 Å². The third-order valence-corrected chi connectivity index (χ3v) is 24.6. The third kappa shape index (κ3) is 6.80. The molecule has 0 fully saturated rings. The molecule has 2 atom stereocenters. The van der Waals surface area contributed by atoms with Crippen LogP contribution in [0.4, 0.5) is 11.4 Å². The van der Waals surface area contributed by atoms with Crippen LogP contribution in [0.2, 0.25) is 36.3 Å². The van der Waals surface area contributed by atoms with Gasteiger partial charge in [-0.25, -0.2) is 0 Å². The van der Waals surface area contributed by atoms with E-state index in [-0.39, 0.29) is 10.1 Å². The van der Waals surface area contributed by atoms with Crippen molar-refractivity contribution in [2.24, 2.45) is 11.8 Å². The molecule has 0 bridgehead atoms. The highest BCUT2D eigenvalue weighted by atomic mass is 28.3. The molecule has 8 rings (SSSR count). The van der Waals surface area contributed by atoms with Crippen molar-refractivity contribution in [3.8, 4) is 0 Å². The average Bonchev–Trinajstić information content (AvgIpc) is 3.66. The maximum Gasteiger partial charge on any atom is 0.161 e. The summed E-state index contributed by atoms with van der Waals surface area (Å²) < 4.78 is 5.38. The van der Waals surface area contributed by atoms with Gasteiger partial charge in [0.05, 0.1) is 0 Å². The van der Waals surface area contributed by atoms with Crippen LogP contribution in [-0.4, -0.2) is 24.9 Å². The van der Waals surface area contributed by atoms with Gasteiger partial charge in [0.15, 0.2) is 16.5 Å². The number of para-hydroxylation sites is 2. The van der Waals surface area contributed by atoms with E-state index in [0.717, 1.165) is 24.2 Å². The Morgan fingerprint density at radius 3 is 1.30 bits per heavy atom. The summed E-state index contributed by atoms with van der Waals surface area (Å²) in [5.41, 5.74) is 12.8. The van der Waals surface area contributed by atoms with E-state index in [9.17, 15) is 0 Å². The van der Waals surface area contributed by atoms with E-state index in [1.54, 1.807) is 0 Å². The lowest BCUT2D eigenvalue weighted by Gasteiger charge is -2.39. The topological polar surface area (TPSA) is 46.0 Å². The van der Waals surface area contributed by atoms with E-state index in [4.69, 9.17) is 0 Å². The Kier molecular flexibility index (Phi) is 9.59. The lowest BCUT2D eigenvalue weighted by Crippen LogP contribution is -2.45. The van der Waals surface area contributed by atoms with Crippen molar-refractivity contribution in [3.05, 3.63) is 132 Å². The zero-order valence-corrected chi connectivity index (χ0v) is 38.4. The molecule has 5 nitrogen and oxygen atoms in total. The van der Waals surface area contributed by atoms with Gasteiger partial charge in [0.25, 0.3) is 0 Å². The Morgan fingerprint density at radius 2 is 0.860 bits per heavy atom. The van der Waals surface area contributed by atoms with Crippen molar-refractivity contribution in [3.63, 3.8) is 0 Å². The Balaban J connectivity index is 0.996. The Labute approximate surface area is 342 Å². The van der Waals surface area contributed by atoms with Crippen molar-refractivity contribution < 1.29 is 0 Å². The van der Waals surface area contributed by atoms with Gasteiger partial charge < -0.3 is 24.4 Å². The minimum Gasteiger partial charge on any atom is -0.368 e. The summed E-state index contributed by atoms with van der Waals surface area (Å²) in [5, 5.41) is 17.3. The molecule has 6 aromatic rings. The van der Waals surface area contributed by atoms with Gasteiger partial charge in [0.1, 0.15) is 0 Å². The molecule has 7 heteroatoms. The standard InChI is InChI=1S/C50H63N5Si2/c1-33-29-35(51-37-23-27-47-41(31-37)39-17-13-15-19-45(39)54(47)56(9,10)49(3,4)5)21-25-43(33)52-36-22-26-44(34(2)30-36)53-38-24-28-48-42(32-38)40-18-14-16-20-46(40)55(48)57(11,12)50(6,7)8/h13-28,31-34,51-53H,29-30H2,1-12H3. The van der Waals surface area contributed by atoms with Crippen molar-refractivity contribution in [1.82, 2.24) is 13.8 Å². The number of nitrogens with zero attached hydrogens (tertiary/aromatic N) is 2. The summed E-state index contributed by atoms with van der Waals surface area (Å²) in [6.07, 6.45) is 11.0. The second-order valence-corrected chi connectivity index (χ2v) is 30.1. The summed E-state index contributed by atoms with van der Waals surface area (Å²) in [7, 11) is -3.70. The summed E-state index contributed by atoms with van der Waals surface area (Å²) in [4.78, 5) is 0. The summed E-state index contributed by atoms with van der Waals surface area (Å²) in [6.45, 7) is 29.1. The zero-order valence-electron chi connectivity index (χ0n) is 36.4. The maximum atomic E-state index is 3.83. The van der Waals surface area contributed by atoms with Gasteiger partial charge in [-0.05, 0) is 95.8 Å². The second kappa shape index (κ2) is 14.0. The predicted molar refractivity (Wildman–Crippen MR) is 254 cm³/mol. The monoisotopic (exact) mass is 789 g/mol. The van der Waals surface area contributed by atoms with Crippen LogP contribution in [0.15, 0.2) is 132 Å². The molecule has 57 heavy (non-hydrogen) atoms. The van der Waals surface area contributed by atoms with Gasteiger partial charge in [0, 0.05) is 89.6 Å². The fourth-order valence-electron chi connectivity index (χ4n) is 8.75. The van der Waals surface area contributed by atoms with Crippen LogP contribution in [0.5, 0.6) is 0 Å². The van der Waals surface area contributed by atoms with Gasteiger partial charge in [-0.2, -0.15) is 0 Å². The molecule has 4 aromatic carbocycles. The van der Waals surface area contributed by atoms with Crippen molar-refractivity contribution >= 4 is 71.5 Å². The van der Waals surface area contributed by atoms with E-state index in [1.165, 1.54) is 66.4 Å². The molecule has 2 aliphatic rings. The molecule has 2 aliphatic carbocycles. The van der Waals surface area contributed by atoms with Gasteiger partial charge in [-0.15, -0.1) is 0 Å². The van der Waals surface area contributed by atoms with Gasteiger partial charge in [-0.1, -0.05) is 118 Å². The van der Waals surface area contributed by atoms with Crippen LogP contribution in [-0.2, 0) is 0 Å². The first kappa shape index (κ1) is 39.1. The number of fused-ring (bicyclic) bond motifs is 6. The first-order valence-electron chi connectivity index (χ1n) is 21.0. The Hall–Kier alpha value is -4.73. The van der Waals surface area contributed by atoms with E-state index in [1.807, 2.05) is 0 Å². The molecule has 0 amide bonds. The van der Waals surface area contributed by atoms with E-state index in [2.05, 4.69) is 215 Å². The highest BCUT2D eigenvalue weighted by Crippen LogP contribution is 2.45. The zero-order chi connectivity index (χ0) is 40.7. The minimum atomic E-state index is -1.85. The van der Waals surface area contributed by atoms with Crippen LogP contribution < -0.4 is 16.0 Å². The SMILES string of the molecule is CC1CC(Nc2ccc3c(c2)c2ccccc2n3[Si](C)(C)C(C)(C)C)=CC=C1NC1=CC=C(Nc2ccc3c(c2)c2ccccc2n3[Si](C)(C)C(C)(C)C)C(C)C1. The molecular formula is C50H63N5Si2. The first-order valence-corrected chi connectivity index (χ1v) is 26.9. The number of nitrogens with one attached hydrogen (secondary N) is 3. The molecule has 0 saturated carbocycles. The highest BCUT2D eigenvalue weighted by molar-refractivity contribution is 6.80. The number of rotatable bonds is 8. The van der Waals surface area contributed by atoms with Crippen molar-refractivity contribution in [2.45, 2.75) is 104 Å². The Morgan fingerprint density at radius 1 is 0.474 bits per heavy atom. The highest BCUT2D eigenvalue weighted by Gasteiger charge is 2.40. The molecule has 0 spiro atoms. The molecule has 0 aliphatic heterocycles. The van der Waals surface area contributed by atoms with E-state index >= 15 is 0 Å². The molecular weight excluding hydrogens is 727 g/mol. The molecule has 2 unspecified atom stereocenters. The summed E-state index contributed by atoms with van der Waals surface area (Å²) in [6, 6.07) is 31.9. The van der Waals surface area contributed by atoms with Gasteiger partial charge >= 0.3 is 0 Å². The summed E-state index contributed by atoms with van der Waals surface area (Å²) in [5.74, 6) is 0.744. The first-order chi connectivity index (χ1) is 26.8. The second-order valence-electron chi connectivity index (χ2n) is 20.0. The molecule has 296 valence electrons. The predicted octanol–water partition coefficient (Wildman–Crippen LogP) is 14.3. The Bertz CT molecular complexity index is 2670. The number of hydrogen-bond acceptors (Lipinski definition) is 3. The van der Waals surface area contributed by atoms with Crippen LogP contribution in [0, 0.1) is 11.8 Å². The van der Waals surface area contributed by atoms with Crippen molar-refractivity contribution in [2.75, 3.05) is 10.6 Å². The molecule has 2 heterocycles. The largest absolute Gasteiger partial charge is 0.368 e. The molecule has 0 saturated heterocycles. The van der Waals surface area contributed by atoms with E-state index in [0.29, 0.717) is 11.8 Å². The number of benzene rings is 4. The average molecular weight is 790 g/mol. The van der Waals surface area contributed by atoms with Crippen LogP contribution in [0.25, 0.3) is 43.6 Å². The molecule has 2 aromatic heterocycles. The number of aromatic nitrogens is 2. The lowest BCUT2D eigenvalue weighted by atomic mass is 9.93. The smallest absolute Gasteiger partial charge is 0.161 e. The third-order valence-electron chi connectivity index (χ3n) is 14.1. The maximum absolute atomic E-state index is 3.83. The minimum absolute atomic E-state index is 0.227. The number of anilines is 2. The van der Waals surface area contributed by atoms with Gasteiger partial charge in [0.2, 0.25) is 0 Å². The van der Waals surface area contributed by atoms with Crippen molar-refractivity contribution in [1.29, 1.82) is 0 Å². The fourth-order valence-corrected chi connectivity index (χ4v) is 13.3. The number of allylic oxidation sites excluding steroid dienone is 8. The lowest BCUT2D eigenvalue weighted by molar-refractivity contribution is 0.583. The van der Waals surface area contributed by atoms with Crippen LogP contribution in [0.1, 0.15) is 68.2 Å². The molecule has 0 radical (unpaired) electrons. The number of hydrogen-bond donors (Lipinski definition) is 3. The van der Waals surface area contributed by atoms with E-state index < -0.39 is 16.5 Å².